The van der Waals surface area contributed by atoms with E-state index in [4.69, 9.17) is 9.47 Å². The smallest absolute Gasteiger partial charge is 0.312 e. The van der Waals surface area contributed by atoms with E-state index in [1.807, 2.05) is 6.92 Å². The van der Waals surface area contributed by atoms with Crippen molar-refractivity contribution in [2.45, 2.75) is 110 Å². The average molecular weight is 499 g/mol. The fourth-order valence-electron chi connectivity index (χ4n) is 12.5. The van der Waals surface area contributed by atoms with Crippen LogP contribution in [0.5, 0.6) is 0 Å². The molecule has 7 fully saturated rings. The molecule has 2 N–H and O–H groups in total. The van der Waals surface area contributed by atoms with Gasteiger partial charge in [-0.25, -0.2) is 0 Å². The van der Waals surface area contributed by atoms with Crippen LogP contribution in [0.2, 0.25) is 0 Å². The van der Waals surface area contributed by atoms with Crippen molar-refractivity contribution in [2.24, 2.45) is 56.7 Å². The average Bonchev–Trinajstić information content (AvgIpc) is 3.33. The number of hydrogen-bond donors (Lipinski definition) is 2. The third kappa shape index (κ3) is 2.36. The fourth-order valence-corrected chi connectivity index (χ4v) is 12.5. The second-order valence-corrected chi connectivity index (χ2v) is 15.2. The lowest BCUT2D eigenvalue weighted by Gasteiger charge is -2.63. The number of aliphatic hydroxyl groups excluding tert-OH is 1. The summed E-state index contributed by atoms with van der Waals surface area (Å²) in [6.45, 7) is 16.8. The second kappa shape index (κ2) is 6.80. The molecule has 5 heteroatoms. The number of carboxylic acid groups (broad SMARTS) is 1. The zero-order valence-electron chi connectivity index (χ0n) is 22.9. The predicted molar refractivity (Wildman–Crippen MR) is 136 cm³/mol. The Morgan fingerprint density at radius 3 is 2.33 bits per heavy atom. The van der Waals surface area contributed by atoms with Crippen LogP contribution in [-0.4, -0.2) is 40.8 Å². The summed E-state index contributed by atoms with van der Waals surface area (Å²) in [6.07, 6.45) is 8.72. The molecule has 0 bridgehead atoms. The van der Waals surface area contributed by atoms with Gasteiger partial charge < -0.3 is 19.7 Å². The highest BCUT2D eigenvalue weighted by atomic mass is 16.7. The Kier molecular flexibility index (Phi) is 4.56. The quantitative estimate of drug-likeness (QED) is 0.447. The van der Waals surface area contributed by atoms with Crippen molar-refractivity contribution in [1.82, 2.24) is 0 Å². The minimum absolute atomic E-state index is 0.0919. The van der Waals surface area contributed by atoms with E-state index < -0.39 is 23.3 Å². The van der Waals surface area contributed by atoms with Crippen LogP contribution in [0.4, 0.5) is 0 Å². The Balaban J connectivity index is 1.25. The maximum atomic E-state index is 12.5. The summed E-state index contributed by atoms with van der Waals surface area (Å²) < 4.78 is 13.4. The van der Waals surface area contributed by atoms with Gasteiger partial charge in [0.15, 0.2) is 5.79 Å². The van der Waals surface area contributed by atoms with Gasteiger partial charge in [-0.05, 0) is 109 Å². The molecule has 200 valence electrons. The van der Waals surface area contributed by atoms with Crippen LogP contribution in [-0.2, 0) is 14.3 Å². The molecule has 3 spiro atoms. The normalized spacial score (nSPS) is 63.2. The number of hydrogen-bond acceptors (Lipinski definition) is 4. The molecule has 7 aliphatic rings. The molecule has 0 aromatic carbocycles. The molecule has 1 unspecified atom stereocenters. The van der Waals surface area contributed by atoms with E-state index in [0.717, 1.165) is 37.7 Å². The third-order valence-corrected chi connectivity index (χ3v) is 14.4. The monoisotopic (exact) mass is 498 g/mol. The summed E-state index contributed by atoms with van der Waals surface area (Å²) in [7, 11) is 0. The van der Waals surface area contributed by atoms with Crippen LogP contribution in [0.1, 0.15) is 92.4 Å². The van der Waals surface area contributed by atoms with Gasteiger partial charge in [0.1, 0.15) is 0 Å². The Morgan fingerprint density at radius 2 is 1.67 bits per heavy atom. The molecule has 5 aliphatic carbocycles. The van der Waals surface area contributed by atoms with Gasteiger partial charge in [0, 0.05) is 12.3 Å². The molecule has 13 atom stereocenters. The highest BCUT2D eigenvalue weighted by Crippen LogP contribution is 2.89. The van der Waals surface area contributed by atoms with Crippen molar-refractivity contribution in [3.8, 4) is 0 Å². The van der Waals surface area contributed by atoms with Crippen molar-refractivity contribution in [1.29, 1.82) is 0 Å². The molecule has 2 saturated heterocycles. The predicted octanol–water partition coefficient (Wildman–Crippen LogP) is 5.80. The number of ether oxygens (including phenoxy) is 2. The van der Waals surface area contributed by atoms with Crippen LogP contribution in [0.15, 0.2) is 12.2 Å². The van der Waals surface area contributed by atoms with Crippen LogP contribution in [0.25, 0.3) is 0 Å². The summed E-state index contributed by atoms with van der Waals surface area (Å²) in [5, 5.41) is 21.2. The van der Waals surface area contributed by atoms with Gasteiger partial charge >= 0.3 is 5.97 Å². The van der Waals surface area contributed by atoms with E-state index in [1.165, 1.54) is 19.3 Å². The van der Waals surface area contributed by atoms with Crippen LogP contribution >= 0.6 is 0 Å². The Hall–Kier alpha value is -0.910. The topological polar surface area (TPSA) is 76.0 Å². The highest BCUT2D eigenvalue weighted by Gasteiger charge is 2.84. The first-order valence-corrected chi connectivity index (χ1v) is 14.7. The molecular weight excluding hydrogens is 452 g/mol. The standard InChI is InChI=1S/C31H46O5/c1-17-13-31(19(3)18(2)15-35-31)36-20-14-27(5)21-7-8-22-28(6,25(33)34)23(32)9-10-29(22)16-30(21,29)12-11-26(27,4)24(17)20/h17-18,20-24,32H,3,7-16H2,1-2,4-6H3,(H,33,34)/t17-,18?,20+,21+,22+,23+,24+,26-,27+,28+,29-,30+,31-/m1/s1. The first-order chi connectivity index (χ1) is 16.8. The maximum Gasteiger partial charge on any atom is 0.312 e. The van der Waals surface area contributed by atoms with Crippen molar-refractivity contribution in [3.05, 3.63) is 12.2 Å². The Morgan fingerprint density at radius 1 is 0.972 bits per heavy atom. The van der Waals surface area contributed by atoms with E-state index >= 15 is 0 Å². The lowest BCUT2D eigenvalue weighted by molar-refractivity contribution is -0.266. The highest BCUT2D eigenvalue weighted by molar-refractivity contribution is 5.76. The SMILES string of the molecule is C=C1C(C)CO[C@@]12C[C@@H](C)[C@H]1[C@H](C[C@@]3(C)[C@@H]4CC[C@H]5[C@](C)(C(=O)O)[C@@H](O)CC[C@@]56C[C@@]46CC[C@]13C)O2. The molecule has 0 radical (unpaired) electrons. The van der Waals surface area contributed by atoms with Crippen molar-refractivity contribution in [3.63, 3.8) is 0 Å². The molecular formula is C31H46O5. The number of fused-ring (bicyclic) bond motifs is 4. The van der Waals surface area contributed by atoms with Gasteiger partial charge in [0.2, 0.25) is 0 Å². The summed E-state index contributed by atoms with van der Waals surface area (Å²) in [5.74, 6) is 0.708. The second-order valence-electron chi connectivity index (χ2n) is 15.2. The summed E-state index contributed by atoms with van der Waals surface area (Å²) in [6, 6.07) is 0. The number of aliphatic carboxylic acids is 1. The molecule has 2 heterocycles. The largest absolute Gasteiger partial charge is 0.481 e. The molecule has 0 amide bonds. The minimum atomic E-state index is -1.01. The first kappa shape index (κ1) is 24.2. The Labute approximate surface area is 216 Å². The molecule has 36 heavy (non-hydrogen) atoms. The summed E-state index contributed by atoms with van der Waals surface area (Å²) in [4.78, 5) is 12.5. The lowest BCUT2D eigenvalue weighted by Crippen LogP contribution is -2.60. The Bertz CT molecular complexity index is 1040. The molecule has 5 saturated carbocycles. The number of aliphatic hydroxyl groups is 1. The first-order valence-electron chi connectivity index (χ1n) is 14.7. The molecule has 5 nitrogen and oxygen atoms in total. The minimum Gasteiger partial charge on any atom is -0.481 e. The zero-order valence-corrected chi connectivity index (χ0v) is 22.9. The van der Waals surface area contributed by atoms with E-state index in [1.54, 1.807) is 0 Å². The molecule has 0 aromatic heterocycles. The van der Waals surface area contributed by atoms with Gasteiger partial charge in [-0.15, -0.1) is 0 Å². The summed E-state index contributed by atoms with van der Waals surface area (Å²) in [5.41, 5.74) is 0.865. The number of carboxylic acids is 1. The fraction of sp³-hybridized carbons (Fsp3) is 0.903. The van der Waals surface area contributed by atoms with E-state index in [-0.39, 0.29) is 33.7 Å². The molecule has 0 aromatic rings. The van der Waals surface area contributed by atoms with Gasteiger partial charge in [0.25, 0.3) is 0 Å². The third-order valence-electron chi connectivity index (χ3n) is 14.4. The van der Waals surface area contributed by atoms with Gasteiger partial charge in [-0.1, -0.05) is 34.3 Å². The van der Waals surface area contributed by atoms with Crippen LogP contribution in [0, 0.1) is 56.7 Å². The number of rotatable bonds is 1. The van der Waals surface area contributed by atoms with Gasteiger partial charge in [0.05, 0.1) is 24.2 Å². The summed E-state index contributed by atoms with van der Waals surface area (Å²) >= 11 is 0. The van der Waals surface area contributed by atoms with E-state index in [0.29, 0.717) is 36.7 Å². The van der Waals surface area contributed by atoms with Crippen molar-refractivity contribution < 1.29 is 24.5 Å². The van der Waals surface area contributed by atoms with E-state index in [9.17, 15) is 15.0 Å². The molecule has 2 aliphatic heterocycles. The van der Waals surface area contributed by atoms with Crippen molar-refractivity contribution >= 4 is 5.97 Å². The van der Waals surface area contributed by atoms with Gasteiger partial charge in [-0.3, -0.25) is 4.79 Å². The van der Waals surface area contributed by atoms with Gasteiger partial charge in [-0.2, -0.15) is 0 Å². The van der Waals surface area contributed by atoms with Crippen LogP contribution < -0.4 is 0 Å². The van der Waals surface area contributed by atoms with Crippen molar-refractivity contribution in [2.75, 3.05) is 6.61 Å². The van der Waals surface area contributed by atoms with E-state index in [2.05, 4.69) is 34.3 Å². The number of carbonyl (C=O) groups is 1. The molecule has 7 rings (SSSR count). The maximum absolute atomic E-state index is 12.5. The zero-order chi connectivity index (χ0) is 25.7. The lowest BCUT2D eigenvalue weighted by atomic mass is 9.41. The van der Waals surface area contributed by atoms with Crippen LogP contribution in [0.3, 0.4) is 0 Å².